The molecular formula is C24H19NO. The van der Waals surface area contributed by atoms with E-state index in [2.05, 4.69) is 89.8 Å². The average Bonchev–Trinajstić information content (AvgIpc) is 2.73. The van der Waals surface area contributed by atoms with E-state index in [-0.39, 0.29) is 0 Å². The quantitative estimate of drug-likeness (QED) is 0.454. The van der Waals surface area contributed by atoms with Gasteiger partial charge in [0.15, 0.2) is 6.73 Å². The predicted molar refractivity (Wildman–Crippen MR) is 108 cm³/mol. The number of anilines is 1. The fourth-order valence-electron chi connectivity index (χ4n) is 3.75. The fraction of sp³-hybridized carbons (Fsp3) is 0.0833. The number of rotatable bonds is 2. The highest BCUT2D eigenvalue weighted by Crippen LogP contribution is 2.39. The molecule has 1 aliphatic heterocycles. The van der Waals surface area contributed by atoms with E-state index in [0.717, 1.165) is 12.3 Å². The number of ether oxygens (including phenoxy) is 1. The Balaban J connectivity index is 1.59. The monoisotopic (exact) mass is 337 g/mol. The Labute approximate surface area is 153 Å². The van der Waals surface area contributed by atoms with Gasteiger partial charge in [0.1, 0.15) is 5.75 Å². The zero-order valence-corrected chi connectivity index (χ0v) is 14.4. The molecule has 0 aliphatic carbocycles. The molecule has 2 nitrogen and oxygen atoms in total. The number of hydrogen-bond donors (Lipinski definition) is 0. The average molecular weight is 337 g/mol. The molecule has 2 heteroatoms. The van der Waals surface area contributed by atoms with Gasteiger partial charge in [-0.25, -0.2) is 0 Å². The van der Waals surface area contributed by atoms with E-state index in [1.807, 2.05) is 6.07 Å². The number of fused-ring (bicyclic) bond motifs is 2. The zero-order chi connectivity index (χ0) is 17.3. The minimum atomic E-state index is 0.568. The van der Waals surface area contributed by atoms with Crippen LogP contribution in [0.25, 0.3) is 21.9 Å². The van der Waals surface area contributed by atoms with E-state index in [9.17, 15) is 0 Å². The molecule has 1 heterocycles. The van der Waals surface area contributed by atoms with Crippen molar-refractivity contribution in [2.45, 2.75) is 6.54 Å². The van der Waals surface area contributed by atoms with Crippen LogP contribution in [0.2, 0.25) is 0 Å². The van der Waals surface area contributed by atoms with Crippen molar-refractivity contribution in [1.82, 2.24) is 0 Å². The Hall–Kier alpha value is -3.26. The lowest BCUT2D eigenvalue weighted by atomic mass is 9.95. The van der Waals surface area contributed by atoms with Crippen LogP contribution in [0.4, 0.5) is 5.69 Å². The molecule has 126 valence electrons. The van der Waals surface area contributed by atoms with Crippen molar-refractivity contribution in [3.8, 4) is 16.9 Å². The molecule has 0 bridgehead atoms. The molecular weight excluding hydrogens is 318 g/mol. The van der Waals surface area contributed by atoms with Gasteiger partial charge in [0.05, 0.1) is 0 Å². The van der Waals surface area contributed by atoms with Crippen molar-refractivity contribution in [2.75, 3.05) is 11.6 Å². The predicted octanol–water partition coefficient (Wildman–Crippen LogP) is 5.86. The molecule has 0 atom stereocenters. The Morgan fingerprint density at radius 2 is 1.38 bits per heavy atom. The molecule has 26 heavy (non-hydrogen) atoms. The van der Waals surface area contributed by atoms with E-state index in [0.29, 0.717) is 6.73 Å². The van der Waals surface area contributed by atoms with Gasteiger partial charge in [0, 0.05) is 23.4 Å². The van der Waals surface area contributed by atoms with Gasteiger partial charge in [-0.3, -0.25) is 0 Å². The zero-order valence-electron chi connectivity index (χ0n) is 14.4. The summed E-state index contributed by atoms with van der Waals surface area (Å²) in [6.45, 7) is 1.43. The van der Waals surface area contributed by atoms with Crippen LogP contribution >= 0.6 is 0 Å². The number of nitrogens with zero attached hydrogens (tertiary/aromatic N) is 1. The summed E-state index contributed by atoms with van der Waals surface area (Å²) in [5.41, 5.74) is 4.82. The van der Waals surface area contributed by atoms with Crippen LogP contribution in [0.3, 0.4) is 0 Å². The lowest BCUT2D eigenvalue weighted by Gasteiger charge is -2.32. The Morgan fingerprint density at radius 3 is 2.31 bits per heavy atom. The van der Waals surface area contributed by atoms with E-state index in [1.165, 1.54) is 33.2 Å². The molecule has 0 aromatic heterocycles. The van der Waals surface area contributed by atoms with Gasteiger partial charge >= 0.3 is 0 Å². The summed E-state index contributed by atoms with van der Waals surface area (Å²) in [6.07, 6.45) is 0. The van der Waals surface area contributed by atoms with E-state index < -0.39 is 0 Å². The standard InChI is InChI=1S/C24H19NO/c1-2-11-20(12-3-1)25-16-19-10-7-15-23(24(19)26-17-25)22-14-6-9-18-8-4-5-13-21(18)22/h1-15H,16-17H2. The molecule has 1 aliphatic rings. The third-order valence-corrected chi connectivity index (χ3v) is 5.02. The van der Waals surface area contributed by atoms with Crippen LogP contribution in [-0.2, 0) is 6.54 Å². The van der Waals surface area contributed by atoms with Crippen molar-refractivity contribution >= 4 is 16.5 Å². The van der Waals surface area contributed by atoms with Gasteiger partial charge < -0.3 is 9.64 Å². The van der Waals surface area contributed by atoms with Crippen molar-refractivity contribution in [1.29, 1.82) is 0 Å². The highest BCUT2D eigenvalue weighted by atomic mass is 16.5. The first kappa shape index (κ1) is 15.0. The Bertz CT molecular complexity index is 1070. The highest BCUT2D eigenvalue weighted by Gasteiger charge is 2.21. The second kappa shape index (κ2) is 6.23. The van der Waals surface area contributed by atoms with Crippen LogP contribution in [0.5, 0.6) is 5.75 Å². The van der Waals surface area contributed by atoms with Gasteiger partial charge in [0.25, 0.3) is 0 Å². The van der Waals surface area contributed by atoms with Crippen LogP contribution in [0.15, 0.2) is 91.0 Å². The molecule has 0 saturated carbocycles. The summed E-state index contributed by atoms with van der Waals surface area (Å²) in [6, 6.07) is 31.9. The molecule has 0 fully saturated rings. The second-order valence-electron chi connectivity index (χ2n) is 6.63. The van der Waals surface area contributed by atoms with E-state index in [1.54, 1.807) is 0 Å². The minimum Gasteiger partial charge on any atom is -0.472 e. The topological polar surface area (TPSA) is 12.5 Å². The van der Waals surface area contributed by atoms with Crippen LogP contribution < -0.4 is 9.64 Å². The van der Waals surface area contributed by atoms with Crippen LogP contribution in [-0.4, -0.2) is 6.73 Å². The van der Waals surface area contributed by atoms with Crippen LogP contribution in [0, 0.1) is 0 Å². The van der Waals surface area contributed by atoms with Gasteiger partial charge in [-0.2, -0.15) is 0 Å². The lowest BCUT2D eigenvalue weighted by molar-refractivity contribution is 0.291. The summed E-state index contributed by atoms with van der Waals surface area (Å²) < 4.78 is 6.25. The molecule has 4 aromatic carbocycles. The first-order chi connectivity index (χ1) is 12.9. The number of hydrogen-bond acceptors (Lipinski definition) is 2. The Kier molecular flexibility index (Phi) is 3.60. The summed E-state index contributed by atoms with van der Waals surface area (Å²) in [4.78, 5) is 2.26. The molecule has 0 N–H and O–H groups in total. The van der Waals surface area contributed by atoms with Crippen molar-refractivity contribution in [3.05, 3.63) is 96.6 Å². The third kappa shape index (κ3) is 2.51. The maximum absolute atomic E-state index is 6.25. The Morgan fingerprint density at radius 1 is 0.654 bits per heavy atom. The van der Waals surface area contributed by atoms with E-state index >= 15 is 0 Å². The highest BCUT2D eigenvalue weighted by molar-refractivity contribution is 5.98. The fourth-order valence-corrected chi connectivity index (χ4v) is 3.75. The van der Waals surface area contributed by atoms with Crippen molar-refractivity contribution < 1.29 is 4.74 Å². The second-order valence-corrected chi connectivity index (χ2v) is 6.63. The maximum Gasteiger partial charge on any atom is 0.161 e. The van der Waals surface area contributed by atoms with E-state index in [4.69, 9.17) is 4.74 Å². The summed E-state index contributed by atoms with van der Waals surface area (Å²) >= 11 is 0. The first-order valence-electron chi connectivity index (χ1n) is 8.93. The third-order valence-electron chi connectivity index (χ3n) is 5.02. The SMILES string of the molecule is c1ccc(N2COc3c(cccc3-c3cccc4ccccc34)C2)cc1. The largest absolute Gasteiger partial charge is 0.472 e. The molecule has 5 rings (SSSR count). The van der Waals surface area contributed by atoms with Gasteiger partial charge in [-0.05, 0) is 28.5 Å². The summed E-state index contributed by atoms with van der Waals surface area (Å²) in [5.74, 6) is 1.01. The first-order valence-corrected chi connectivity index (χ1v) is 8.93. The van der Waals surface area contributed by atoms with Crippen LogP contribution in [0.1, 0.15) is 5.56 Å². The number of benzene rings is 4. The number of para-hydroxylation sites is 2. The molecule has 0 unspecified atom stereocenters. The minimum absolute atomic E-state index is 0.568. The maximum atomic E-state index is 6.25. The molecule has 0 amide bonds. The molecule has 0 spiro atoms. The molecule has 4 aromatic rings. The van der Waals surface area contributed by atoms with Gasteiger partial charge in [0.2, 0.25) is 0 Å². The van der Waals surface area contributed by atoms with Gasteiger partial charge in [-0.15, -0.1) is 0 Å². The normalized spacial score (nSPS) is 13.3. The van der Waals surface area contributed by atoms with Crippen molar-refractivity contribution in [3.63, 3.8) is 0 Å². The lowest BCUT2D eigenvalue weighted by Crippen LogP contribution is -2.32. The summed E-state index contributed by atoms with van der Waals surface area (Å²) in [7, 11) is 0. The summed E-state index contributed by atoms with van der Waals surface area (Å²) in [5, 5.41) is 2.52. The van der Waals surface area contributed by atoms with Gasteiger partial charge in [-0.1, -0.05) is 78.9 Å². The smallest absolute Gasteiger partial charge is 0.161 e. The molecule has 0 radical (unpaired) electrons. The van der Waals surface area contributed by atoms with Crippen molar-refractivity contribution in [2.24, 2.45) is 0 Å². The molecule has 0 saturated heterocycles.